The van der Waals surface area contributed by atoms with Gasteiger partial charge in [-0.2, -0.15) is 5.10 Å². The molecule has 0 bridgehead atoms. The van der Waals surface area contributed by atoms with E-state index in [1.165, 1.54) is 0 Å². The van der Waals surface area contributed by atoms with Crippen molar-refractivity contribution >= 4 is 29.4 Å². The fourth-order valence-corrected chi connectivity index (χ4v) is 3.83. The highest BCUT2D eigenvalue weighted by molar-refractivity contribution is 6.30. The maximum atomic E-state index is 12.7. The van der Waals surface area contributed by atoms with E-state index in [9.17, 15) is 4.79 Å². The lowest BCUT2D eigenvalue weighted by Gasteiger charge is -2.10. The molecule has 0 aliphatic heterocycles. The molecule has 7 nitrogen and oxygen atoms in total. The summed E-state index contributed by atoms with van der Waals surface area (Å²) in [5.41, 5.74) is 8.26. The first-order chi connectivity index (χ1) is 14.9. The van der Waals surface area contributed by atoms with Gasteiger partial charge >= 0.3 is 0 Å². The third kappa shape index (κ3) is 3.92. The highest BCUT2D eigenvalue weighted by Gasteiger charge is 2.16. The molecule has 0 aliphatic rings. The average Bonchev–Trinajstić information content (AvgIpc) is 3.22. The van der Waals surface area contributed by atoms with Crippen molar-refractivity contribution in [3.8, 4) is 11.4 Å². The first-order valence-corrected chi connectivity index (χ1v) is 10.1. The van der Waals surface area contributed by atoms with E-state index < -0.39 is 0 Å². The number of aryl methyl sites for hydroxylation is 2. The molecule has 0 aliphatic carbocycles. The van der Waals surface area contributed by atoms with Gasteiger partial charge in [0.2, 0.25) is 0 Å². The molecule has 0 atom stereocenters. The maximum absolute atomic E-state index is 12.7. The molecule has 0 fully saturated rings. The van der Waals surface area contributed by atoms with Crippen molar-refractivity contribution in [3.63, 3.8) is 0 Å². The van der Waals surface area contributed by atoms with Crippen LogP contribution in [0, 0.1) is 20.8 Å². The highest BCUT2D eigenvalue weighted by Crippen LogP contribution is 2.22. The predicted octanol–water partition coefficient (Wildman–Crippen LogP) is 4.48. The first kappa shape index (κ1) is 20.7. The van der Waals surface area contributed by atoms with Crippen LogP contribution >= 0.6 is 11.6 Å². The van der Waals surface area contributed by atoms with Crippen LogP contribution in [-0.2, 0) is 0 Å². The van der Waals surface area contributed by atoms with E-state index in [4.69, 9.17) is 16.3 Å². The molecule has 0 unspecified atom stereocenters. The summed E-state index contributed by atoms with van der Waals surface area (Å²) in [5.74, 6) is 0.451. The molecule has 158 valence electrons. The van der Waals surface area contributed by atoms with E-state index in [0.717, 1.165) is 28.4 Å². The number of benzene rings is 1. The number of halogens is 1. The number of amides is 1. The maximum Gasteiger partial charge on any atom is 0.290 e. The summed E-state index contributed by atoms with van der Waals surface area (Å²) < 4.78 is 9.02. The number of hydrazone groups is 1. The van der Waals surface area contributed by atoms with Gasteiger partial charge in [-0.1, -0.05) is 11.6 Å². The van der Waals surface area contributed by atoms with Gasteiger partial charge in [0, 0.05) is 28.8 Å². The topological polar surface area (TPSA) is 72.9 Å². The van der Waals surface area contributed by atoms with Crippen LogP contribution < -0.4 is 10.2 Å². The van der Waals surface area contributed by atoms with Gasteiger partial charge in [0.15, 0.2) is 0 Å². The molecular weight excluding hydrogens is 414 g/mol. The van der Waals surface area contributed by atoms with Crippen LogP contribution in [0.4, 0.5) is 0 Å². The quantitative estimate of drug-likeness (QED) is 0.371. The number of carbonyl (C=O) groups excluding carboxylic acids is 1. The number of carbonyl (C=O) groups is 1. The van der Waals surface area contributed by atoms with Crippen molar-refractivity contribution in [1.29, 1.82) is 0 Å². The second-order valence-electron chi connectivity index (χ2n) is 7.18. The number of nitrogens with one attached hydrogen (secondary N) is 1. The van der Waals surface area contributed by atoms with Gasteiger partial charge in [0.1, 0.15) is 17.1 Å². The summed E-state index contributed by atoms with van der Waals surface area (Å²) >= 11 is 6.07. The Balaban J connectivity index is 1.56. The van der Waals surface area contributed by atoms with Crippen LogP contribution in [0.15, 0.2) is 53.8 Å². The minimum atomic E-state index is -0.354. The third-order valence-corrected chi connectivity index (χ3v) is 5.37. The van der Waals surface area contributed by atoms with E-state index in [0.29, 0.717) is 22.1 Å². The van der Waals surface area contributed by atoms with Crippen molar-refractivity contribution in [2.45, 2.75) is 20.8 Å². The van der Waals surface area contributed by atoms with E-state index in [1.54, 1.807) is 43.0 Å². The number of rotatable bonds is 5. The summed E-state index contributed by atoms with van der Waals surface area (Å²) in [6.45, 7) is 5.82. The van der Waals surface area contributed by atoms with E-state index in [1.807, 2.05) is 44.2 Å². The number of aromatic nitrogens is 3. The molecule has 0 radical (unpaired) electrons. The minimum absolute atomic E-state index is 0.354. The Morgan fingerprint density at radius 3 is 2.61 bits per heavy atom. The standard InChI is InChI=1S/C23H22ClN5O2/c1-14-11-17(16(3)29(14)19-6-8-20(31-4)9-7-19)12-25-27-23(30)22-15(2)26-21-10-5-18(24)13-28(21)22/h5-13H,1-4H3,(H,27,30)/b25-12-. The molecule has 1 amide bonds. The average molecular weight is 436 g/mol. The Hall–Kier alpha value is -3.58. The van der Waals surface area contributed by atoms with Crippen molar-refractivity contribution in [2.24, 2.45) is 5.10 Å². The molecule has 1 aromatic carbocycles. The predicted molar refractivity (Wildman–Crippen MR) is 122 cm³/mol. The highest BCUT2D eigenvalue weighted by atomic mass is 35.5. The minimum Gasteiger partial charge on any atom is -0.497 e. The monoisotopic (exact) mass is 435 g/mol. The smallest absolute Gasteiger partial charge is 0.290 e. The first-order valence-electron chi connectivity index (χ1n) is 9.70. The molecule has 31 heavy (non-hydrogen) atoms. The number of nitrogens with zero attached hydrogens (tertiary/aromatic N) is 4. The lowest BCUT2D eigenvalue weighted by Crippen LogP contribution is -2.20. The summed E-state index contributed by atoms with van der Waals surface area (Å²) in [4.78, 5) is 17.1. The second-order valence-corrected chi connectivity index (χ2v) is 7.62. The third-order valence-electron chi connectivity index (χ3n) is 5.14. The zero-order chi connectivity index (χ0) is 22.1. The number of ether oxygens (including phenoxy) is 1. The van der Waals surface area contributed by atoms with Gasteiger partial charge in [-0.25, -0.2) is 10.4 Å². The van der Waals surface area contributed by atoms with E-state index in [2.05, 4.69) is 20.1 Å². The Kier molecular flexibility index (Phi) is 5.52. The summed E-state index contributed by atoms with van der Waals surface area (Å²) in [6.07, 6.45) is 3.31. The fraction of sp³-hybridized carbons (Fsp3) is 0.174. The van der Waals surface area contributed by atoms with E-state index in [-0.39, 0.29) is 5.91 Å². The van der Waals surface area contributed by atoms with Gasteiger partial charge in [0.05, 0.1) is 24.0 Å². The molecule has 8 heteroatoms. The number of hydrogen-bond acceptors (Lipinski definition) is 4. The number of methoxy groups -OCH3 is 1. The van der Waals surface area contributed by atoms with Crippen LogP contribution in [0.2, 0.25) is 5.02 Å². The largest absolute Gasteiger partial charge is 0.497 e. The van der Waals surface area contributed by atoms with E-state index >= 15 is 0 Å². The molecule has 3 aromatic heterocycles. The van der Waals surface area contributed by atoms with Gasteiger partial charge in [-0.15, -0.1) is 0 Å². The lowest BCUT2D eigenvalue weighted by atomic mass is 10.2. The van der Waals surface area contributed by atoms with Crippen molar-refractivity contribution in [2.75, 3.05) is 7.11 Å². The molecule has 4 aromatic rings. The molecule has 0 saturated heterocycles. The summed E-state index contributed by atoms with van der Waals surface area (Å²) in [5, 5.41) is 4.69. The Labute approximate surface area is 184 Å². The van der Waals surface area contributed by atoms with Crippen molar-refractivity contribution in [1.82, 2.24) is 19.4 Å². The Morgan fingerprint density at radius 1 is 1.16 bits per heavy atom. The number of imidazole rings is 1. The number of fused-ring (bicyclic) bond motifs is 1. The molecule has 0 saturated carbocycles. The second kappa shape index (κ2) is 8.28. The van der Waals surface area contributed by atoms with Gasteiger partial charge < -0.3 is 9.30 Å². The van der Waals surface area contributed by atoms with Crippen LogP contribution in [0.25, 0.3) is 11.3 Å². The SMILES string of the molecule is COc1ccc(-n2c(C)cc(/C=N\NC(=O)c3c(C)nc4ccc(Cl)cn34)c2C)cc1. The fourth-order valence-electron chi connectivity index (χ4n) is 3.67. The molecule has 0 spiro atoms. The molecule has 1 N–H and O–H groups in total. The Morgan fingerprint density at radius 2 is 1.90 bits per heavy atom. The van der Waals surface area contributed by atoms with Crippen LogP contribution in [0.1, 0.15) is 33.1 Å². The van der Waals surface area contributed by atoms with Crippen LogP contribution in [0.5, 0.6) is 5.75 Å². The normalized spacial score (nSPS) is 11.4. The zero-order valence-corrected chi connectivity index (χ0v) is 18.4. The number of hydrogen-bond donors (Lipinski definition) is 1. The van der Waals surface area contributed by atoms with Gasteiger partial charge in [-0.3, -0.25) is 9.20 Å². The van der Waals surface area contributed by atoms with Gasteiger partial charge in [0.25, 0.3) is 5.91 Å². The van der Waals surface area contributed by atoms with Crippen molar-refractivity contribution < 1.29 is 9.53 Å². The lowest BCUT2D eigenvalue weighted by molar-refractivity contribution is 0.0948. The molecule has 3 heterocycles. The zero-order valence-electron chi connectivity index (χ0n) is 17.7. The molecule has 4 rings (SSSR count). The summed E-state index contributed by atoms with van der Waals surface area (Å²) in [6, 6.07) is 13.4. The van der Waals surface area contributed by atoms with Gasteiger partial charge in [-0.05, 0) is 63.2 Å². The summed E-state index contributed by atoms with van der Waals surface area (Å²) in [7, 11) is 1.65. The molecular formula is C23H22ClN5O2. The van der Waals surface area contributed by atoms with Crippen LogP contribution in [-0.4, -0.2) is 33.2 Å². The number of pyridine rings is 1. The van der Waals surface area contributed by atoms with Crippen LogP contribution in [0.3, 0.4) is 0 Å². The Bertz CT molecular complexity index is 1300. The van der Waals surface area contributed by atoms with Crippen molar-refractivity contribution in [3.05, 3.63) is 82.0 Å².